The lowest BCUT2D eigenvalue weighted by Gasteiger charge is -2.29. The zero-order chi connectivity index (χ0) is 20.9. The van der Waals surface area contributed by atoms with E-state index in [9.17, 15) is 9.18 Å². The van der Waals surface area contributed by atoms with Gasteiger partial charge in [-0.05, 0) is 43.0 Å². The second-order valence-electron chi connectivity index (χ2n) is 7.96. The Balaban J connectivity index is 1.47. The lowest BCUT2D eigenvalue weighted by atomic mass is 10.1. The van der Waals surface area contributed by atoms with E-state index in [0.29, 0.717) is 31.9 Å². The summed E-state index contributed by atoms with van der Waals surface area (Å²) >= 11 is 0. The molecule has 1 aromatic carbocycles. The van der Waals surface area contributed by atoms with E-state index < -0.39 is 0 Å². The molecule has 30 heavy (non-hydrogen) atoms. The molecule has 0 bridgehead atoms. The van der Waals surface area contributed by atoms with Crippen molar-refractivity contribution >= 4 is 5.91 Å². The highest BCUT2D eigenvalue weighted by Crippen LogP contribution is 2.24. The second kappa shape index (κ2) is 9.53. The van der Waals surface area contributed by atoms with Crippen LogP contribution < -0.4 is 4.74 Å². The zero-order valence-electron chi connectivity index (χ0n) is 17.3. The van der Waals surface area contributed by atoms with Gasteiger partial charge in [0.15, 0.2) is 6.61 Å². The number of rotatable bonds is 2. The highest BCUT2D eigenvalue weighted by molar-refractivity contribution is 5.78. The van der Waals surface area contributed by atoms with Crippen molar-refractivity contribution in [1.29, 1.82) is 0 Å². The third-order valence-corrected chi connectivity index (χ3v) is 5.91. The molecular formula is C23H28FN3O3. The van der Waals surface area contributed by atoms with Gasteiger partial charge in [-0.3, -0.25) is 14.7 Å². The van der Waals surface area contributed by atoms with E-state index in [-0.39, 0.29) is 30.5 Å². The highest BCUT2D eigenvalue weighted by Gasteiger charge is 2.38. The number of likely N-dealkylation sites (tertiary alicyclic amines) is 1. The van der Waals surface area contributed by atoms with Gasteiger partial charge in [-0.2, -0.15) is 0 Å². The number of pyridine rings is 1. The minimum atomic E-state index is -0.308. The number of hydrogen-bond donors (Lipinski definition) is 0. The second-order valence-corrected chi connectivity index (χ2v) is 7.96. The van der Waals surface area contributed by atoms with Gasteiger partial charge in [0.05, 0.1) is 17.8 Å². The van der Waals surface area contributed by atoms with E-state index >= 15 is 0 Å². The first kappa shape index (κ1) is 20.8. The topological polar surface area (TPSA) is 54.9 Å². The molecule has 3 heterocycles. The lowest BCUT2D eigenvalue weighted by Crippen LogP contribution is -2.47. The number of carbonyl (C=O) groups excluding carboxylic acids is 1. The molecule has 0 unspecified atom stereocenters. The van der Waals surface area contributed by atoms with Gasteiger partial charge in [-0.15, -0.1) is 0 Å². The number of likely N-dealkylation sites (N-methyl/N-ethyl adjacent to an activating group) is 1. The summed E-state index contributed by atoms with van der Waals surface area (Å²) in [5, 5.41) is 0. The van der Waals surface area contributed by atoms with Gasteiger partial charge >= 0.3 is 0 Å². The fourth-order valence-electron chi connectivity index (χ4n) is 4.17. The zero-order valence-corrected chi connectivity index (χ0v) is 17.3. The largest absolute Gasteiger partial charge is 0.483 e. The molecule has 0 aliphatic carbocycles. The number of hydrogen-bond acceptors (Lipinski definition) is 5. The van der Waals surface area contributed by atoms with Crippen LogP contribution in [0.1, 0.15) is 24.1 Å². The molecule has 2 aromatic rings. The minimum absolute atomic E-state index is 0.00833. The summed E-state index contributed by atoms with van der Waals surface area (Å²) in [5.41, 5.74) is 1.54. The lowest BCUT2D eigenvalue weighted by molar-refractivity contribution is -0.136. The molecule has 1 amide bonds. The number of aryl methyl sites for hydroxylation is 1. The van der Waals surface area contributed by atoms with E-state index in [4.69, 9.17) is 9.47 Å². The summed E-state index contributed by atoms with van der Waals surface area (Å²) in [6.45, 7) is 2.28. The van der Waals surface area contributed by atoms with Crippen molar-refractivity contribution in [2.24, 2.45) is 0 Å². The van der Waals surface area contributed by atoms with E-state index in [1.165, 1.54) is 6.07 Å². The van der Waals surface area contributed by atoms with Gasteiger partial charge in [-0.1, -0.05) is 18.2 Å². The molecule has 2 aliphatic rings. The van der Waals surface area contributed by atoms with E-state index in [2.05, 4.69) is 9.88 Å². The molecule has 2 atom stereocenters. The molecule has 0 N–H and O–H groups in total. The van der Waals surface area contributed by atoms with Gasteiger partial charge in [-0.25, -0.2) is 4.39 Å². The van der Waals surface area contributed by atoms with Crippen LogP contribution in [-0.4, -0.2) is 66.2 Å². The number of aromatic nitrogens is 1. The number of para-hydroxylation sites is 1. The Hall–Kier alpha value is -2.51. The molecule has 0 radical (unpaired) electrons. The average molecular weight is 413 g/mol. The Bertz CT molecular complexity index is 878. The highest BCUT2D eigenvalue weighted by atomic mass is 19.1. The van der Waals surface area contributed by atoms with Crippen molar-refractivity contribution in [3.8, 4) is 5.75 Å². The fraction of sp³-hybridized carbons (Fsp3) is 0.478. The SMILES string of the molecule is CN1C(=O)COc2ccccc2CCCCO[C@H]2CN(Cc3ncccc3F)C[C@@H]21. The number of benzene rings is 1. The van der Waals surface area contributed by atoms with Crippen LogP contribution >= 0.6 is 0 Å². The van der Waals surface area contributed by atoms with Crippen LogP contribution in [0.25, 0.3) is 0 Å². The third kappa shape index (κ3) is 4.79. The van der Waals surface area contributed by atoms with Gasteiger partial charge in [0.25, 0.3) is 5.91 Å². The van der Waals surface area contributed by atoms with Crippen LogP contribution in [0.4, 0.5) is 4.39 Å². The summed E-state index contributed by atoms with van der Waals surface area (Å²) in [4.78, 5) is 20.8. The fourth-order valence-corrected chi connectivity index (χ4v) is 4.17. The maximum atomic E-state index is 14.0. The minimum Gasteiger partial charge on any atom is -0.483 e. The monoisotopic (exact) mass is 413 g/mol. The van der Waals surface area contributed by atoms with Crippen LogP contribution in [0.2, 0.25) is 0 Å². The molecule has 0 saturated carbocycles. The van der Waals surface area contributed by atoms with E-state index in [1.807, 2.05) is 24.3 Å². The van der Waals surface area contributed by atoms with E-state index in [1.54, 1.807) is 24.2 Å². The third-order valence-electron chi connectivity index (χ3n) is 5.91. The normalized spacial score (nSPS) is 23.5. The van der Waals surface area contributed by atoms with E-state index in [0.717, 1.165) is 30.6 Å². The van der Waals surface area contributed by atoms with Crippen molar-refractivity contribution < 1.29 is 18.7 Å². The predicted octanol–water partition coefficient (Wildman–Crippen LogP) is 2.66. The number of nitrogens with zero attached hydrogens (tertiary/aromatic N) is 3. The number of ether oxygens (including phenoxy) is 2. The smallest absolute Gasteiger partial charge is 0.260 e. The van der Waals surface area contributed by atoms with Crippen LogP contribution in [0.3, 0.4) is 0 Å². The molecular weight excluding hydrogens is 385 g/mol. The average Bonchev–Trinajstić information content (AvgIpc) is 3.15. The number of carbonyl (C=O) groups is 1. The molecule has 6 nitrogen and oxygen atoms in total. The van der Waals surface area contributed by atoms with Gasteiger partial charge in [0.2, 0.25) is 0 Å². The number of halogens is 1. The molecule has 7 heteroatoms. The molecule has 2 aliphatic heterocycles. The first-order chi connectivity index (χ1) is 14.6. The van der Waals surface area contributed by atoms with Gasteiger partial charge in [0, 0.05) is 39.5 Å². The quantitative estimate of drug-likeness (QED) is 0.758. The summed E-state index contributed by atoms with van der Waals surface area (Å²) in [6, 6.07) is 10.8. The Morgan fingerprint density at radius 3 is 2.90 bits per heavy atom. The van der Waals surface area contributed by atoms with Crippen LogP contribution in [0, 0.1) is 5.82 Å². The van der Waals surface area contributed by atoms with Crippen molar-refractivity contribution in [3.05, 3.63) is 59.7 Å². The summed E-state index contributed by atoms with van der Waals surface area (Å²) in [5.74, 6) is 0.375. The van der Waals surface area contributed by atoms with Crippen molar-refractivity contribution in [2.45, 2.75) is 38.0 Å². The van der Waals surface area contributed by atoms with Crippen molar-refractivity contribution in [1.82, 2.24) is 14.8 Å². The van der Waals surface area contributed by atoms with Crippen molar-refractivity contribution in [2.75, 3.05) is 33.4 Å². The molecule has 4 rings (SSSR count). The first-order valence-corrected chi connectivity index (χ1v) is 10.5. The molecule has 1 fully saturated rings. The summed E-state index contributed by atoms with van der Waals surface area (Å²) < 4.78 is 26.1. The van der Waals surface area contributed by atoms with Gasteiger partial charge < -0.3 is 14.4 Å². The Morgan fingerprint density at radius 2 is 2.03 bits per heavy atom. The molecule has 0 spiro atoms. The molecule has 160 valence electrons. The Kier molecular flexibility index (Phi) is 6.59. The van der Waals surface area contributed by atoms with Crippen molar-refractivity contribution in [3.63, 3.8) is 0 Å². The first-order valence-electron chi connectivity index (χ1n) is 10.5. The molecule has 1 saturated heterocycles. The summed E-state index contributed by atoms with van der Waals surface area (Å²) in [6.07, 6.45) is 4.30. The van der Waals surface area contributed by atoms with Gasteiger partial charge in [0.1, 0.15) is 11.6 Å². The number of fused-ring (bicyclic) bond motifs is 2. The maximum Gasteiger partial charge on any atom is 0.260 e. The van der Waals surface area contributed by atoms with Crippen LogP contribution in [0.5, 0.6) is 5.75 Å². The predicted molar refractivity (Wildman–Crippen MR) is 111 cm³/mol. The molecule has 1 aromatic heterocycles. The Labute approximate surface area is 176 Å². The number of amides is 1. The van der Waals surface area contributed by atoms with Crippen LogP contribution in [-0.2, 0) is 22.5 Å². The Morgan fingerprint density at radius 1 is 1.17 bits per heavy atom. The summed E-state index contributed by atoms with van der Waals surface area (Å²) in [7, 11) is 1.79. The van der Waals surface area contributed by atoms with Crippen LogP contribution in [0.15, 0.2) is 42.6 Å². The maximum absolute atomic E-state index is 14.0. The standard InChI is InChI=1S/C23H28FN3O3/c1-26-20-14-27(13-19-18(24)9-6-11-25-19)15-22(20)29-12-5-4-8-17-7-2-3-10-21(17)30-16-23(26)28/h2-3,6-7,9-11,20,22H,4-5,8,12-16H2,1H3/t20-,22-/m0/s1.